The number of nitrogens with zero attached hydrogens (tertiary/aromatic N) is 1. The zero-order valence-corrected chi connectivity index (χ0v) is 13.7. The van der Waals surface area contributed by atoms with Crippen LogP contribution in [0, 0.1) is 26.7 Å². The maximum absolute atomic E-state index is 12.6. The Morgan fingerprint density at radius 3 is 2.15 bits per heavy atom. The van der Waals surface area contributed by atoms with E-state index in [4.69, 9.17) is 5.73 Å². The highest BCUT2D eigenvalue weighted by atomic mass is 16.2. The van der Waals surface area contributed by atoms with Crippen LogP contribution in [0.3, 0.4) is 0 Å². The van der Waals surface area contributed by atoms with Gasteiger partial charge in [0.15, 0.2) is 0 Å². The highest BCUT2D eigenvalue weighted by molar-refractivity contribution is 5.97. The van der Waals surface area contributed by atoms with Gasteiger partial charge >= 0.3 is 0 Å². The molecule has 0 aliphatic heterocycles. The van der Waals surface area contributed by atoms with Gasteiger partial charge in [-0.2, -0.15) is 0 Å². The van der Waals surface area contributed by atoms with Gasteiger partial charge in [-0.05, 0) is 44.2 Å². The number of rotatable bonds is 5. The van der Waals surface area contributed by atoms with Crippen LogP contribution in [0.15, 0.2) is 12.1 Å². The van der Waals surface area contributed by atoms with Crippen molar-refractivity contribution in [3.63, 3.8) is 0 Å². The first-order valence-electron chi connectivity index (χ1n) is 7.33. The van der Waals surface area contributed by atoms with Gasteiger partial charge in [-0.25, -0.2) is 0 Å². The van der Waals surface area contributed by atoms with Crippen LogP contribution >= 0.6 is 0 Å². The van der Waals surface area contributed by atoms with Crippen molar-refractivity contribution in [2.75, 3.05) is 13.6 Å². The minimum atomic E-state index is 0.0935. The van der Waals surface area contributed by atoms with Crippen molar-refractivity contribution < 1.29 is 4.79 Å². The minimum absolute atomic E-state index is 0.0935. The van der Waals surface area contributed by atoms with Gasteiger partial charge in [0.25, 0.3) is 5.91 Å². The van der Waals surface area contributed by atoms with E-state index >= 15 is 0 Å². The molecule has 1 rings (SSSR count). The second kappa shape index (κ2) is 6.89. The Kier molecular flexibility index (Phi) is 5.75. The zero-order chi connectivity index (χ0) is 15.4. The van der Waals surface area contributed by atoms with Crippen LogP contribution < -0.4 is 5.73 Å². The molecular formula is C17H28N2O. The molecule has 0 aliphatic carbocycles. The predicted octanol–water partition coefficient (Wildman–Crippen LogP) is 3.06. The summed E-state index contributed by atoms with van der Waals surface area (Å²) in [5.41, 5.74) is 10.2. The van der Waals surface area contributed by atoms with E-state index in [1.165, 1.54) is 5.56 Å². The molecular weight excluding hydrogens is 248 g/mol. The van der Waals surface area contributed by atoms with Gasteiger partial charge in [0, 0.05) is 25.2 Å². The molecule has 0 fully saturated rings. The van der Waals surface area contributed by atoms with Crippen molar-refractivity contribution in [1.82, 2.24) is 4.90 Å². The monoisotopic (exact) mass is 276 g/mol. The number of benzene rings is 1. The molecule has 20 heavy (non-hydrogen) atoms. The first-order valence-corrected chi connectivity index (χ1v) is 7.33. The van der Waals surface area contributed by atoms with Gasteiger partial charge in [0.05, 0.1) is 0 Å². The van der Waals surface area contributed by atoms with E-state index in [2.05, 4.69) is 32.9 Å². The molecule has 3 heteroatoms. The Hall–Kier alpha value is -1.35. The van der Waals surface area contributed by atoms with Gasteiger partial charge in [0.1, 0.15) is 0 Å². The van der Waals surface area contributed by atoms with E-state index in [9.17, 15) is 4.79 Å². The zero-order valence-electron chi connectivity index (χ0n) is 13.7. The normalized spacial score (nSPS) is 12.6. The van der Waals surface area contributed by atoms with E-state index in [0.717, 1.165) is 23.1 Å². The standard InChI is InChI=1S/C17H28N2O/c1-11(2)15(18)7-8-19(6)17(20)16-13(4)9-12(3)10-14(16)5/h9-11,15H,7-8,18H2,1-6H3. The SMILES string of the molecule is Cc1cc(C)c(C(=O)N(C)CCC(N)C(C)C)c(C)c1. The van der Waals surface area contributed by atoms with Crippen LogP contribution in [0.4, 0.5) is 0 Å². The summed E-state index contributed by atoms with van der Waals surface area (Å²) in [5, 5.41) is 0. The third kappa shape index (κ3) is 4.07. The summed E-state index contributed by atoms with van der Waals surface area (Å²) < 4.78 is 0. The fraction of sp³-hybridized carbons (Fsp3) is 0.588. The van der Waals surface area contributed by atoms with E-state index in [1.54, 1.807) is 4.90 Å². The van der Waals surface area contributed by atoms with Crippen LogP contribution in [0.2, 0.25) is 0 Å². The Labute approximate surface area is 123 Å². The topological polar surface area (TPSA) is 46.3 Å². The average molecular weight is 276 g/mol. The second-order valence-electron chi connectivity index (χ2n) is 6.20. The number of hydrogen-bond donors (Lipinski definition) is 1. The smallest absolute Gasteiger partial charge is 0.254 e. The third-order valence-corrected chi connectivity index (χ3v) is 3.89. The van der Waals surface area contributed by atoms with Gasteiger partial charge in [-0.15, -0.1) is 0 Å². The molecule has 0 radical (unpaired) electrons. The molecule has 0 saturated carbocycles. The molecule has 0 spiro atoms. The van der Waals surface area contributed by atoms with Crippen molar-refractivity contribution in [3.8, 4) is 0 Å². The van der Waals surface area contributed by atoms with Crippen LogP contribution in [-0.2, 0) is 0 Å². The largest absolute Gasteiger partial charge is 0.342 e. The highest BCUT2D eigenvalue weighted by Crippen LogP contribution is 2.18. The lowest BCUT2D eigenvalue weighted by Gasteiger charge is -2.23. The minimum Gasteiger partial charge on any atom is -0.342 e. The van der Waals surface area contributed by atoms with Crippen molar-refractivity contribution in [3.05, 3.63) is 34.4 Å². The maximum atomic E-state index is 12.6. The molecule has 0 bridgehead atoms. The van der Waals surface area contributed by atoms with Crippen molar-refractivity contribution >= 4 is 5.91 Å². The summed E-state index contributed by atoms with van der Waals surface area (Å²) in [6.45, 7) is 11.0. The van der Waals surface area contributed by atoms with E-state index in [1.807, 2.05) is 20.9 Å². The fourth-order valence-electron chi connectivity index (χ4n) is 2.49. The maximum Gasteiger partial charge on any atom is 0.254 e. The number of amides is 1. The van der Waals surface area contributed by atoms with Crippen LogP contribution in [0.25, 0.3) is 0 Å². The Morgan fingerprint density at radius 2 is 1.70 bits per heavy atom. The second-order valence-corrected chi connectivity index (χ2v) is 6.20. The van der Waals surface area contributed by atoms with Crippen molar-refractivity contribution in [2.45, 2.75) is 47.1 Å². The molecule has 3 nitrogen and oxygen atoms in total. The predicted molar refractivity (Wildman–Crippen MR) is 85.0 cm³/mol. The summed E-state index contributed by atoms with van der Waals surface area (Å²) in [5.74, 6) is 0.539. The quantitative estimate of drug-likeness (QED) is 0.898. The van der Waals surface area contributed by atoms with Gasteiger partial charge in [-0.1, -0.05) is 31.5 Å². The molecule has 1 amide bonds. The first kappa shape index (κ1) is 16.7. The van der Waals surface area contributed by atoms with Crippen LogP contribution in [0.5, 0.6) is 0 Å². The molecule has 1 unspecified atom stereocenters. The molecule has 0 heterocycles. The Morgan fingerprint density at radius 1 is 1.20 bits per heavy atom. The lowest BCUT2D eigenvalue weighted by Crippen LogP contribution is -2.35. The number of hydrogen-bond acceptors (Lipinski definition) is 2. The van der Waals surface area contributed by atoms with E-state index < -0.39 is 0 Å². The number of nitrogens with two attached hydrogens (primary N) is 1. The van der Waals surface area contributed by atoms with Crippen molar-refractivity contribution in [2.24, 2.45) is 11.7 Å². The molecule has 0 aromatic heterocycles. The van der Waals surface area contributed by atoms with Crippen LogP contribution in [0.1, 0.15) is 47.3 Å². The lowest BCUT2D eigenvalue weighted by atomic mass is 9.98. The molecule has 112 valence electrons. The summed E-state index contributed by atoms with van der Waals surface area (Å²) in [6, 6.07) is 4.27. The molecule has 1 aromatic rings. The average Bonchev–Trinajstić information content (AvgIpc) is 2.33. The van der Waals surface area contributed by atoms with Crippen LogP contribution in [-0.4, -0.2) is 30.4 Å². The van der Waals surface area contributed by atoms with E-state index in [0.29, 0.717) is 12.5 Å². The molecule has 1 aromatic carbocycles. The van der Waals surface area contributed by atoms with Gasteiger partial charge in [0.2, 0.25) is 0 Å². The summed E-state index contributed by atoms with van der Waals surface area (Å²) in [4.78, 5) is 14.3. The summed E-state index contributed by atoms with van der Waals surface area (Å²) in [6.07, 6.45) is 0.837. The lowest BCUT2D eigenvalue weighted by molar-refractivity contribution is 0.0787. The third-order valence-electron chi connectivity index (χ3n) is 3.89. The number of carbonyl (C=O) groups excluding carboxylic acids is 1. The van der Waals surface area contributed by atoms with E-state index in [-0.39, 0.29) is 11.9 Å². The summed E-state index contributed by atoms with van der Waals surface area (Å²) >= 11 is 0. The van der Waals surface area contributed by atoms with Gasteiger partial charge < -0.3 is 10.6 Å². The number of aryl methyl sites for hydroxylation is 3. The van der Waals surface area contributed by atoms with Crippen molar-refractivity contribution in [1.29, 1.82) is 0 Å². The molecule has 2 N–H and O–H groups in total. The summed E-state index contributed by atoms with van der Waals surface area (Å²) in [7, 11) is 1.86. The molecule has 1 atom stereocenters. The van der Waals surface area contributed by atoms with Gasteiger partial charge in [-0.3, -0.25) is 4.79 Å². The molecule has 0 saturated heterocycles. The fourth-order valence-corrected chi connectivity index (χ4v) is 2.49. The molecule has 0 aliphatic rings. The highest BCUT2D eigenvalue weighted by Gasteiger charge is 2.18. The Bertz CT molecular complexity index is 457. The Balaban J connectivity index is 2.80. The first-order chi connectivity index (χ1) is 9.23. The number of carbonyl (C=O) groups is 1.